The summed E-state index contributed by atoms with van der Waals surface area (Å²) < 4.78 is 0. The van der Waals surface area contributed by atoms with Crippen LogP contribution in [0.25, 0.3) is 0 Å². The maximum atomic E-state index is 12.8. The largest absolute Gasteiger partial charge is 0.299 e. The summed E-state index contributed by atoms with van der Waals surface area (Å²) in [5, 5.41) is 0. The minimum Gasteiger partial charge on any atom is -0.299 e. The molecule has 6 atom stereocenters. The van der Waals surface area contributed by atoms with Crippen molar-refractivity contribution in [3.63, 3.8) is 0 Å². The summed E-state index contributed by atoms with van der Waals surface area (Å²) in [5.74, 6) is 2.75. The Labute approximate surface area is 168 Å². The van der Waals surface area contributed by atoms with Crippen molar-refractivity contribution >= 4 is 11.6 Å². The van der Waals surface area contributed by atoms with E-state index in [1.165, 1.54) is 11.1 Å². The molecule has 3 fully saturated rings. The molecule has 28 heavy (non-hydrogen) atoms. The number of benzene rings is 1. The van der Waals surface area contributed by atoms with Crippen molar-refractivity contribution < 1.29 is 9.59 Å². The quantitative estimate of drug-likeness (QED) is 0.701. The summed E-state index contributed by atoms with van der Waals surface area (Å²) in [6.45, 7) is 4.59. The summed E-state index contributed by atoms with van der Waals surface area (Å²) in [6, 6.07) is 10.8. The van der Waals surface area contributed by atoms with E-state index < -0.39 is 0 Å². The molecule has 0 bridgehead atoms. The third-order valence-corrected chi connectivity index (χ3v) is 8.78. The molecular formula is C26H30O2. The molecule has 0 unspecified atom stereocenters. The Balaban J connectivity index is 1.58. The molecule has 0 radical (unpaired) electrons. The van der Waals surface area contributed by atoms with Crippen LogP contribution in [0.2, 0.25) is 0 Å². The van der Waals surface area contributed by atoms with Crippen molar-refractivity contribution in [3.8, 4) is 0 Å². The molecule has 3 saturated carbocycles. The van der Waals surface area contributed by atoms with Crippen molar-refractivity contribution in [1.82, 2.24) is 0 Å². The zero-order chi connectivity index (χ0) is 19.5. The number of hydrogen-bond donors (Lipinski definition) is 0. The Morgan fingerprint density at radius 3 is 2.61 bits per heavy atom. The molecule has 2 heteroatoms. The van der Waals surface area contributed by atoms with Gasteiger partial charge in [-0.2, -0.15) is 0 Å². The van der Waals surface area contributed by atoms with Crippen LogP contribution in [0.4, 0.5) is 0 Å². The van der Waals surface area contributed by atoms with Crippen molar-refractivity contribution in [2.24, 2.45) is 34.5 Å². The van der Waals surface area contributed by atoms with Crippen molar-refractivity contribution in [3.05, 3.63) is 59.7 Å². The van der Waals surface area contributed by atoms with Gasteiger partial charge in [0.25, 0.3) is 0 Å². The summed E-state index contributed by atoms with van der Waals surface area (Å²) >= 11 is 0. The average Bonchev–Trinajstić information content (AvgIpc) is 2.99. The highest BCUT2D eigenvalue weighted by molar-refractivity contribution is 6.01. The van der Waals surface area contributed by atoms with Gasteiger partial charge in [0, 0.05) is 17.3 Å². The van der Waals surface area contributed by atoms with Crippen LogP contribution in [0, 0.1) is 34.5 Å². The lowest BCUT2D eigenvalue weighted by atomic mass is 9.45. The van der Waals surface area contributed by atoms with Crippen LogP contribution in [-0.4, -0.2) is 11.6 Å². The van der Waals surface area contributed by atoms with Gasteiger partial charge in [-0.1, -0.05) is 55.8 Å². The third kappa shape index (κ3) is 2.53. The molecule has 0 spiro atoms. The molecule has 146 valence electrons. The Bertz CT molecular complexity index is 879. The number of carbonyl (C=O) groups excluding carboxylic acids is 2. The van der Waals surface area contributed by atoms with Crippen LogP contribution in [0.3, 0.4) is 0 Å². The zero-order valence-corrected chi connectivity index (χ0v) is 17.0. The fraction of sp³-hybridized carbons (Fsp3) is 0.538. The number of Topliss-reactive ketones (excluding diaryl/α,β-unsaturated/α-hetero) is 1. The monoisotopic (exact) mass is 374 g/mol. The molecule has 1 aromatic carbocycles. The second kappa shape index (κ2) is 6.27. The topological polar surface area (TPSA) is 34.1 Å². The van der Waals surface area contributed by atoms with E-state index in [9.17, 15) is 9.59 Å². The van der Waals surface area contributed by atoms with Gasteiger partial charge >= 0.3 is 0 Å². The second-order valence-electron chi connectivity index (χ2n) is 10.1. The van der Waals surface area contributed by atoms with Crippen LogP contribution in [0.1, 0.15) is 51.5 Å². The summed E-state index contributed by atoms with van der Waals surface area (Å²) in [4.78, 5) is 25.0. The van der Waals surface area contributed by atoms with Gasteiger partial charge in [0.15, 0.2) is 5.78 Å². The SMILES string of the molecule is C[C@]12C=CC(=O)C=C1C[C@@H](Cc1ccccc1)[C@@H]1[C@@H]2CC[C@]2(C)C(=O)CC[C@@H]12. The van der Waals surface area contributed by atoms with Gasteiger partial charge < -0.3 is 0 Å². The van der Waals surface area contributed by atoms with Gasteiger partial charge in [-0.25, -0.2) is 0 Å². The Morgan fingerprint density at radius 2 is 1.82 bits per heavy atom. The molecule has 0 saturated heterocycles. The molecule has 0 heterocycles. The van der Waals surface area contributed by atoms with Crippen LogP contribution in [0.5, 0.6) is 0 Å². The molecule has 4 aliphatic rings. The Kier molecular flexibility index (Phi) is 4.05. The first-order valence-electron chi connectivity index (χ1n) is 10.9. The minimum absolute atomic E-state index is 0.0151. The second-order valence-corrected chi connectivity index (χ2v) is 10.1. The molecule has 4 aliphatic carbocycles. The van der Waals surface area contributed by atoms with Gasteiger partial charge in [-0.15, -0.1) is 0 Å². The zero-order valence-electron chi connectivity index (χ0n) is 17.0. The van der Waals surface area contributed by atoms with Crippen LogP contribution in [0.15, 0.2) is 54.1 Å². The van der Waals surface area contributed by atoms with Crippen molar-refractivity contribution in [2.75, 3.05) is 0 Å². The number of carbonyl (C=O) groups is 2. The Morgan fingerprint density at radius 1 is 1.04 bits per heavy atom. The van der Waals surface area contributed by atoms with Crippen LogP contribution >= 0.6 is 0 Å². The number of fused-ring (bicyclic) bond motifs is 5. The first-order valence-corrected chi connectivity index (χ1v) is 10.9. The smallest absolute Gasteiger partial charge is 0.178 e. The Hall–Kier alpha value is -1.96. The summed E-state index contributed by atoms with van der Waals surface area (Å²) in [7, 11) is 0. The molecular weight excluding hydrogens is 344 g/mol. The van der Waals surface area contributed by atoms with Gasteiger partial charge in [0.1, 0.15) is 5.78 Å². The number of allylic oxidation sites excluding steroid dienone is 4. The van der Waals surface area contributed by atoms with Gasteiger partial charge in [-0.3, -0.25) is 9.59 Å². The van der Waals surface area contributed by atoms with E-state index in [4.69, 9.17) is 0 Å². The third-order valence-electron chi connectivity index (χ3n) is 8.78. The maximum Gasteiger partial charge on any atom is 0.178 e. The fourth-order valence-corrected chi connectivity index (χ4v) is 7.25. The van der Waals surface area contributed by atoms with Crippen molar-refractivity contribution in [2.45, 2.75) is 52.4 Å². The molecule has 0 amide bonds. The minimum atomic E-state index is -0.123. The van der Waals surface area contributed by atoms with E-state index in [1.54, 1.807) is 6.08 Å². The van der Waals surface area contributed by atoms with E-state index >= 15 is 0 Å². The van der Waals surface area contributed by atoms with Crippen molar-refractivity contribution in [1.29, 1.82) is 0 Å². The lowest BCUT2D eigenvalue weighted by molar-refractivity contribution is -0.133. The lowest BCUT2D eigenvalue weighted by Gasteiger charge is -2.58. The standard InChI is InChI=1S/C26H30O2/c1-25-12-10-20(27)16-19(25)15-18(14-17-6-4-3-5-7-17)24-21-8-9-23(28)26(21,2)13-11-22(24)25/h3-7,10,12,16,18,21-22,24H,8-9,11,13-15H2,1-2H3/t18-,21+,22+,24+,25+,26+/m1/s1. The first kappa shape index (κ1) is 18.1. The fourth-order valence-electron chi connectivity index (χ4n) is 7.25. The molecule has 5 rings (SSSR count). The number of hydrogen-bond acceptors (Lipinski definition) is 2. The van der Waals surface area contributed by atoms with E-state index in [0.29, 0.717) is 29.5 Å². The van der Waals surface area contributed by atoms with Gasteiger partial charge in [-0.05, 0) is 73.5 Å². The van der Waals surface area contributed by atoms with Crippen LogP contribution < -0.4 is 0 Å². The highest BCUT2D eigenvalue weighted by Crippen LogP contribution is 2.65. The van der Waals surface area contributed by atoms with Gasteiger partial charge in [0.05, 0.1) is 0 Å². The lowest BCUT2D eigenvalue weighted by Crippen LogP contribution is -2.53. The van der Waals surface area contributed by atoms with E-state index in [2.05, 4.69) is 50.3 Å². The molecule has 2 nitrogen and oxygen atoms in total. The normalized spacial score (nSPS) is 41.9. The highest BCUT2D eigenvalue weighted by atomic mass is 16.1. The molecule has 0 N–H and O–H groups in total. The predicted octanol–water partition coefficient (Wildman–Crippen LogP) is 5.33. The predicted molar refractivity (Wildman–Crippen MR) is 111 cm³/mol. The van der Waals surface area contributed by atoms with E-state index in [1.807, 2.05) is 6.08 Å². The average molecular weight is 375 g/mol. The molecule has 1 aromatic rings. The van der Waals surface area contributed by atoms with Gasteiger partial charge in [0.2, 0.25) is 0 Å². The highest BCUT2D eigenvalue weighted by Gasteiger charge is 2.60. The van der Waals surface area contributed by atoms with E-state index in [0.717, 1.165) is 38.5 Å². The maximum absolute atomic E-state index is 12.8. The molecule has 0 aromatic heterocycles. The van der Waals surface area contributed by atoms with Crippen LogP contribution in [-0.2, 0) is 16.0 Å². The number of ketones is 2. The number of rotatable bonds is 2. The first-order chi connectivity index (χ1) is 13.4. The summed E-state index contributed by atoms with van der Waals surface area (Å²) in [5.41, 5.74) is 2.57. The van der Waals surface area contributed by atoms with E-state index in [-0.39, 0.29) is 16.6 Å². The molecule has 0 aliphatic heterocycles. The summed E-state index contributed by atoms with van der Waals surface area (Å²) in [6.07, 6.45) is 11.9.